The van der Waals surface area contributed by atoms with Gasteiger partial charge in [0.05, 0.1) is 18.3 Å². The van der Waals surface area contributed by atoms with E-state index in [1.165, 1.54) is 0 Å². The summed E-state index contributed by atoms with van der Waals surface area (Å²) in [5.41, 5.74) is 2.70. The van der Waals surface area contributed by atoms with E-state index in [0.29, 0.717) is 6.61 Å². The largest absolute Gasteiger partial charge is 0.383 e. The zero-order valence-corrected chi connectivity index (χ0v) is 14.4. The van der Waals surface area contributed by atoms with Gasteiger partial charge in [-0.15, -0.1) is 0 Å². The Labute approximate surface area is 148 Å². The van der Waals surface area contributed by atoms with Crippen LogP contribution in [-0.4, -0.2) is 42.2 Å². The van der Waals surface area contributed by atoms with Gasteiger partial charge < -0.3 is 15.0 Å². The molecule has 1 saturated heterocycles. The normalized spacial score (nSPS) is 17.2. The van der Waals surface area contributed by atoms with Crippen LogP contribution >= 0.6 is 0 Å². The van der Waals surface area contributed by atoms with E-state index in [0.717, 1.165) is 36.3 Å². The maximum absolute atomic E-state index is 12.5. The number of rotatable bonds is 5. The van der Waals surface area contributed by atoms with Crippen molar-refractivity contribution in [1.82, 2.24) is 9.88 Å². The summed E-state index contributed by atoms with van der Waals surface area (Å²) >= 11 is 0. The maximum Gasteiger partial charge on any atom is 0.322 e. The van der Waals surface area contributed by atoms with Crippen molar-refractivity contribution in [3.63, 3.8) is 0 Å². The lowest BCUT2D eigenvalue weighted by Gasteiger charge is -2.24. The van der Waals surface area contributed by atoms with Gasteiger partial charge in [0.1, 0.15) is 0 Å². The van der Waals surface area contributed by atoms with Gasteiger partial charge in [-0.3, -0.25) is 4.98 Å². The first-order chi connectivity index (χ1) is 12.3. The lowest BCUT2D eigenvalue weighted by molar-refractivity contribution is 0.128. The van der Waals surface area contributed by atoms with Crippen LogP contribution in [0, 0.1) is 0 Å². The summed E-state index contributed by atoms with van der Waals surface area (Å²) in [5.74, 6) is 0. The number of amides is 2. The number of likely N-dealkylation sites (tertiary alicyclic amines) is 1. The summed E-state index contributed by atoms with van der Waals surface area (Å²) in [5, 5.41) is 2.99. The van der Waals surface area contributed by atoms with E-state index in [9.17, 15) is 4.79 Å². The minimum atomic E-state index is -0.0644. The molecule has 1 aromatic carbocycles. The highest BCUT2D eigenvalue weighted by atomic mass is 16.5. The molecule has 2 aromatic rings. The Hall–Kier alpha value is -2.66. The molecule has 2 amide bonds. The number of nitrogens with one attached hydrogen (secondary N) is 1. The number of carbonyl (C=O) groups is 1. The average molecular weight is 337 g/mol. The molecule has 5 nitrogen and oxygen atoms in total. The molecule has 0 spiro atoms. The van der Waals surface area contributed by atoms with Crippen molar-refractivity contribution in [3.05, 3.63) is 59.9 Å². The van der Waals surface area contributed by atoms with Crippen molar-refractivity contribution in [3.8, 4) is 0 Å². The monoisotopic (exact) mass is 337 g/mol. The molecule has 0 radical (unpaired) electrons. The lowest BCUT2D eigenvalue weighted by Crippen LogP contribution is -2.40. The molecule has 1 aromatic heterocycles. The first-order valence-corrected chi connectivity index (χ1v) is 8.52. The molecule has 1 N–H and O–H groups in total. The number of carbonyl (C=O) groups excluding carboxylic acids is 1. The first-order valence-electron chi connectivity index (χ1n) is 8.52. The van der Waals surface area contributed by atoms with Gasteiger partial charge in [-0.25, -0.2) is 4.79 Å². The summed E-state index contributed by atoms with van der Waals surface area (Å²) < 4.78 is 5.21. The quantitative estimate of drug-likeness (QED) is 0.900. The highest BCUT2D eigenvalue weighted by Crippen LogP contribution is 2.20. The SMILES string of the molecule is COC[C@@H]1CCCN1C(=O)Nc1cccc(/C=C/c2ccccn2)c1. The van der Waals surface area contributed by atoms with Gasteiger partial charge in [0.25, 0.3) is 0 Å². The van der Waals surface area contributed by atoms with Crippen molar-refractivity contribution >= 4 is 23.9 Å². The Kier molecular flexibility index (Phi) is 5.80. The van der Waals surface area contributed by atoms with Gasteiger partial charge >= 0.3 is 6.03 Å². The van der Waals surface area contributed by atoms with Crippen LogP contribution in [0.25, 0.3) is 12.2 Å². The number of hydrogen-bond acceptors (Lipinski definition) is 3. The molecule has 2 heterocycles. The number of urea groups is 1. The van der Waals surface area contributed by atoms with Crippen LogP contribution in [0.3, 0.4) is 0 Å². The number of pyridine rings is 1. The zero-order valence-electron chi connectivity index (χ0n) is 14.4. The molecule has 25 heavy (non-hydrogen) atoms. The molecule has 1 atom stereocenters. The van der Waals surface area contributed by atoms with Crippen LogP contribution < -0.4 is 5.32 Å². The van der Waals surface area contributed by atoms with E-state index in [4.69, 9.17) is 4.74 Å². The third kappa shape index (κ3) is 4.67. The highest BCUT2D eigenvalue weighted by molar-refractivity contribution is 5.90. The third-order valence-electron chi connectivity index (χ3n) is 4.27. The maximum atomic E-state index is 12.5. The van der Waals surface area contributed by atoms with Gasteiger partial charge in [-0.2, -0.15) is 0 Å². The molecule has 1 aliphatic heterocycles. The highest BCUT2D eigenvalue weighted by Gasteiger charge is 2.28. The van der Waals surface area contributed by atoms with E-state index in [-0.39, 0.29) is 12.1 Å². The Balaban J connectivity index is 1.65. The summed E-state index contributed by atoms with van der Waals surface area (Å²) in [6.45, 7) is 1.36. The number of hydrogen-bond donors (Lipinski definition) is 1. The summed E-state index contributed by atoms with van der Waals surface area (Å²) in [4.78, 5) is 18.7. The standard InChI is InChI=1S/C20H23N3O2/c1-25-15-19-9-5-13-23(19)20(24)22-18-8-4-6-16(14-18)10-11-17-7-2-3-12-21-17/h2-4,6-8,10-12,14,19H,5,9,13,15H2,1H3,(H,22,24)/b11-10+/t19-/m0/s1. The van der Waals surface area contributed by atoms with Crippen molar-refractivity contribution in [1.29, 1.82) is 0 Å². The van der Waals surface area contributed by atoms with E-state index in [1.807, 2.05) is 59.5 Å². The summed E-state index contributed by atoms with van der Waals surface area (Å²) in [6.07, 6.45) is 7.73. The van der Waals surface area contributed by atoms with Crippen LogP contribution in [0.5, 0.6) is 0 Å². The predicted octanol–water partition coefficient (Wildman–Crippen LogP) is 3.89. The van der Waals surface area contributed by atoms with Gasteiger partial charge in [0.2, 0.25) is 0 Å². The fraction of sp³-hybridized carbons (Fsp3) is 0.300. The first kappa shape index (κ1) is 17.2. The Morgan fingerprint density at radius 1 is 1.32 bits per heavy atom. The zero-order chi connectivity index (χ0) is 17.5. The molecule has 3 rings (SSSR count). The molecule has 5 heteroatoms. The number of anilines is 1. The molecule has 1 aliphatic rings. The predicted molar refractivity (Wildman–Crippen MR) is 100 cm³/mol. The number of benzene rings is 1. The smallest absolute Gasteiger partial charge is 0.322 e. The summed E-state index contributed by atoms with van der Waals surface area (Å²) in [7, 11) is 1.67. The second-order valence-electron chi connectivity index (χ2n) is 6.09. The molecule has 0 bridgehead atoms. The Bertz CT molecular complexity index is 731. The lowest BCUT2D eigenvalue weighted by atomic mass is 10.1. The van der Waals surface area contributed by atoms with Gasteiger partial charge in [-0.1, -0.05) is 24.3 Å². The molecule has 0 aliphatic carbocycles. The van der Waals surface area contributed by atoms with Gasteiger partial charge in [0.15, 0.2) is 0 Å². The molecular formula is C20H23N3O2. The molecule has 0 saturated carbocycles. The minimum Gasteiger partial charge on any atom is -0.383 e. The topological polar surface area (TPSA) is 54.5 Å². The van der Waals surface area contributed by atoms with Crippen LogP contribution in [-0.2, 0) is 4.74 Å². The fourth-order valence-corrected chi connectivity index (χ4v) is 3.04. The van der Waals surface area contributed by atoms with Crippen molar-refractivity contribution in [2.75, 3.05) is 25.6 Å². The number of ether oxygens (including phenoxy) is 1. The average Bonchev–Trinajstić information content (AvgIpc) is 3.10. The minimum absolute atomic E-state index is 0.0644. The fourth-order valence-electron chi connectivity index (χ4n) is 3.04. The van der Waals surface area contributed by atoms with E-state index in [1.54, 1.807) is 13.3 Å². The van der Waals surface area contributed by atoms with Crippen LogP contribution in [0.2, 0.25) is 0 Å². The number of methoxy groups -OCH3 is 1. The second-order valence-corrected chi connectivity index (χ2v) is 6.09. The molecule has 1 fully saturated rings. The molecule has 0 unspecified atom stereocenters. The van der Waals surface area contributed by atoms with Crippen molar-refractivity contribution in [2.24, 2.45) is 0 Å². The number of nitrogens with zero attached hydrogens (tertiary/aromatic N) is 2. The van der Waals surface area contributed by atoms with Gasteiger partial charge in [0, 0.05) is 25.5 Å². The third-order valence-corrected chi connectivity index (χ3v) is 4.27. The summed E-state index contributed by atoms with van der Waals surface area (Å²) in [6, 6.07) is 13.7. The second kappa shape index (κ2) is 8.44. The van der Waals surface area contributed by atoms with Crippen LogP contribution in [0.1, 0.15) is 24.1 Å². The van der Waals surface area contributed by atoms with E-state index >= 15 is 0 Å². The Morgan fingerprint density at radius 3 is 3.04 bits per heavy atom. The van der Waals surface area contributed by atoms with Crippen molar-refractivity contribution < 1.29 is 9.53 Å². The van der Waals surface area contributed by atoms with E-state index in [2.05, 4.69) is 10.3 Å². The Morgan fingerprint density at radius 2 is 2.24 bits per heavy atom. The molecule has 130 valence electrons. The van der Waals surface area contributed by atoms with Crippen LogP contribution in [0.15, 0.2) is 48.7 Å². The molecular weight excluding hydrogens is 314 g/mol. The van der Waals surface area contributed by atoms with Crippen molar-refractivity contribution in [2.45, 2.75) is 18.9 Å². The number of aromatic nitrogens is 1. The van der Waals surface area contributed by atoms with Gasteiger partial charge in [-0.05, 0) is 48.7 Å². The van der Waals surface area contributed by atoms with Crippen LogP contribution in [0.4, 0.5) is 10.5 Å². The van der Waals surface area contributed by atoms with E-state index < -0.39 is 0 Å².